The molecule has 1 saturated heterocycles. The van der Waals surface area contributed by atoms with Gasteiger partial charge in [0, 0.05) is 25.6 Å². The van der Waals surface area contributed by atoms with E-state index in [1.807, 2.05) is 37.4 Å². The quantitative estimate of drug-likeness (QED) is 0.558. The first-order chi connectivity index (χ1) is 13.7. The molecule has 1 fully saturated rings. The number of rotatable bonds is 2. The highest BCUT2D eigenvalue weighted by molar-refractivity contribution is 5.76. The molecule has 3 nitrogen and oxygen atoms in total. The molecule has 0 atom stereocenters. The molecule has 0 aliphatic carbocycles. The van der Waals surface area contributed by atoms with Crippen molar-refractivity contribution in [3.8, 4) is 11.1 Å². The van der Waals surface area contributed by atoms with Crippen molar-refractivity contribution < 1.29 is 9.59 Å². The van der Waals surface area contributed by atoms with E-state index >= 15 is 0 Å². The molecule has 0 bridgehead atoms. The molecule has 3 aromatic rings. The third kappa shape index (κ3) is 7.58. The maximum atomic E-state index is 10.7. The Morgan fingerprint density at radius 1 is 0.714 bits per heavy atom. The molecule has 0 radical (unpaired) electrons. The van der Waals surface area contributed by atoms with Gasteiger partial charge in [0.25, 0.3) is 0 Å². The minimum absolute atomic E-state index is 0.302. The lowest BCUT2D eigenvalue weighted by molar-refractivity contribution is -0.131. The van der Waals surface area contributed by atoms with Gasteiger partial charge in [-0.25, -0.2) is 0 Å². The molecular weight excluding hydrogens is 346 g/mol. The molecule has 1 aliphatic rings. The second-order valence-electron chi connectivity index (χ2n) is 6.53. The van der Waals surface area contributed by atoms with E-state index in [-0.39, 0.29) is 0 Å². The lowest BCUT2D eigenvalue weighted by Gasteiger charge is -2.21. The number of aldehydes is 1. The molecule has 1 heterocycles. The average Bonchev–Trinajstić information content (AvgIpc) is 2.78. The van der Waals surface area contributed by atoms with Gasteiger partial charge >= 0.3 is 0 Å². The molecule has 3 aromatic carbocycles. The van der Waals surface area contributed by atoms with Gasteiger partial charge in [0.1, 0.15) is 6.29 Å². The highest BCUT2D eigenvalue weighted by Gasteiger charge is 2.12. The summed E-state index contributed by atoms with van der Waals surface area (Å²) in [6.45, 7) is 0.957. The van der Waals surface area contributed by atoms with Crippen LogP contribution in [0.25, 0.3) is 11.1 Å². The first-order valence-electron chi connectivity index (χ1n) is 9.55. The van der Waals surface area contributed by atoms with Crippen LogP contribution in [-0.2, 0) is 4.79 Å². The fraction of sp³-hybridized carbons (Fsp3) is 0.200. The highest BCUT2D eigenvalue weighted by Crippen LogP contribution is 2.17. The van der Waals surface area contributed by atoms with Crippen LogP contribution < -0.4 is 0 Å². The van der Waals surface area contributed by atoms with Crippen molar-refractivity contribution in [1.29, 1.82) is 0 Å². The van der Waals surface area contributed by atoms with E-state index in [1.165, 1.54) is 17.5 Å². The second kappa shape index (κ2) is 12.2. The van der Waals surface area contributed by atoms with Crippen LogP contribution in [0.4, 0.5) is 0 Å². The van der Waals surface area contributed by atoms with Crippen LogP contribution in [0.15, 0.2) is 91.0 Å². The molecule has 144 valence electrons. The van der Waals surface area contributed by atoms with Crippen LogP contribution in [0.5, 0.6) is 0 Å². The lowest BCUT2D eigenvalue weighted by Crippen LogP contribution is -2.31. The summed E-state index contributed by atoms with van der Waals surface area (Å²) >= 11 is 0. The Labute approximate surface area is 167 Å². The molecule has 28 heavy (non-hydrogen) atoms. The maximum Gasteiger partial charge on any atom is 0.222 e. The first-order valence-corrected chi connectivity index (χ1v) is 9.55. The summed E-state index contributed by atoms with van der Waals surface area (Å²) in [5.41, 5.74) is 3.28. The van der Waals surface area contributed by atoms with Crippen molar-refractivity contribution in [3.05, 3.63) is 96.6 Å². The lowest BCUT2D eigenvalue weighted by atomic mass is 10.1. The van der Waals surface area contributed by atoms with Crippen molar-refractivity contribution in [2.45, 2.75) is 19.3 Å². The Bertz CT molecular complexity index is 779. The van der Waals surface area contributed by atoms with E-state index in [2.05, 4.69) is 48.5 Å². The van der Waals surface area contributed by atoms with Gasteiger partial charge in [-0.1, -0.05) is 91.0 Å². The van der Waals surface area contributed by atoms with Crippen LogP contribution in [0.3, 0.4) is 0 Å². The number of hydrogen-bond acceptors (Lipinski definition) is 2. The predicted octanol–water partition coefficient (Wildman–Crippen LogP) is 5.48. The van der Waals surface area contributed by atoms with Crippen molar-refractivity contribution in [1.82, 2.24) is 4.90 Å². The minimum Gasteiger partial charge on any atom is -0.346 e. The van der Waals surface area contributed by atoms with Gasteiger partial charge in [-0.05, 0) is 24.0 Å². The van der Waals surface area contributed by atoms with E-state index in [1.54, 1.807) is 17.0 Å². The van der Waals surface area contributed by atoms with E-state index in [0.717, 1.165) is 31.2 Å². The van der Waals surface area contributed by atoms with Crippen molar-refractivity contribution in [3.63, 3.8) is 0 Å². The molecular formula is C25H27NO2. The fourth-order valence-corrected chi connectivity index (χ4v) is 2.73. The molecule has 4 rings (SSSR count). The predicted molar refractivity (Wildman–Crippen MR) is 115 cm³/mol. The van der Waals surface area contributed by atoms with Crippen LogP contribution in [0.2, 0.25) is 0 Å². The molecule has 0 aromatic heterocycles. The van der Waals surface area contributed by atoms with Gasteiger partial charge in [0.2, 0.25) is 5.91 Å². The molecule has 3 heteroatoms. The zero-order valence-electron chi connectivity index (χ0n) is 16.3. The fourth-order valence-electron chi connectivity index (χ4n) is 2.73. The Kier molecular flexibility index (Phi) is 9.22. The van der Waals surface area contributed by atoms with Gasteiger partial charge in [-0.3, -0.25) is 9.59 Å². The standard InChI is InChI=1S/C12H10.C7H6O.C6H11NO/c1-3-7-11(8-4-1)12-9-5-2-6-10-12;8-6-7-4-2-1-3-5-7;1-7-5-3-2-4-6(7)8/h1-10H;1-6H;2-5H2,1H3. The summed E-state index contributed by atoms with van der Waals surface area (Å²) in [4.78, 5) is 22.5. The Morgan fingerprint density at radius 3 is 1.50 bits per heavy atom. The number of nitrogens with zero attached hydrogens (tertiary/aromatic N) is 1. The largest absolute Gasteiger partial charge is 0.346 e. The van der Waals surface area contributed by atoms with Crippen molar-refractivity contribution in [2.24, 2.45) is 0 Å². The second-order valence-corrected chi connectivity index (χ2v) is 6.53. The molecule has 0 saturated carbocycles. The average molecular weight is 373 g/mol. The molecule has 1 amide bonds. The van der Waals surface area contributed by atoms with Crippen LogP contribution in [-0.4, -0.2) is 30.7 Å². The summed E-state index contributed by atoms with van der Waals surface area (Å²) in [5, 5.41) is 0. The van der Waals surface area contributed by atoms with Crippen LogP contribution in [0.1, 0.15) is 29.6 Å². The normalized spacial score (nSPS) is 12.8. The third-order valence-corrected chi connectivity index (χ3v) is 4.38. The first kappa shape index (κ1) is 21.1. The smallest absolute Gasteiger partial charge is 0.222 e. The zero-order chi connectivity index (χ0) is 20.0. The zero-order valence-corrected chi connectivity index (χ0v) is 16.3. The van der Waals surface area contributed by atoms with E-state index in [0.29, 0.717) is 5.91 Å². The van der Waals surface area contributed by atoms with E-state index < -0.39 is 0 Å². The minimum atomic E-state index is 0.302. The summed E-state index contributed by atoms with van der Waals surface area (Å²) in [6, 6.07) is 29.9. The molecule has 0 unspecified atom stereocenters. The van der Waals surface area contributed by atoms with Crippen molar-refractivity contribution in [2.75, 3.05) is 13.6 Å². The number of benzene rings is 3. The SMILES string of the molecule is CN1CCCCC1=O.O=Cc1ccccc1.c1ccc(-c2ccccc2)cc1. The summed E-state index contributed by atoms with van der Waals surface area (Å²) in [6.07, 6.45) is 3.86. The number of amides is 1. The summed E-state index contributed by atoms with van der Waals surface area (Å²) in [7, 11) is 1.86. The maximum absolute atomic E-state index is 10.7. The number of carbonyl (C=O) groups excluding carboxylic acids is 2. The van der Waals surface area contributed by atoms with E-state index in [4.69, 9.17) is 0 Å². The van der Waals surface area contributed by atoms with Crippen LogP contribution in [0, 0.1) is 0 Å². The number of likely N-dealkylation sites (tertiary alicyclic amines) is 1. The molecule has 0 spiro atoms. The Balaban J connectivity index is 0.000000156. The number of hydrogen-bond donors (Lipinski definition) is 0. The molecule has 1 aliphatic heterocycles. The van der Waals surface area contributed by atoms with Gasteiger partial charge in [0.05, 0.1) is 0 Å². The van der Waals surface area contributed by atoms with Crippen molar-refractivity contribution >= 4 is 12.2 Å². The van der Waals surface area contributed by atoms with Crippen LogP contribution >= 0.6 is 0 Å². The van der Waals surface area contributed by atoms with Gasteiger partial charge in [0.15, 0.2) is 0 Å². The Morgan fingerprint density at radius 2 is 1.18 bits per heavy atom. The van der Waals surface area contributed by atoms with Gasteiger partial charge in [-0.15, -0.1) is 0 Å². The monoisotopic (exact) mass is 373 g/mol. The summed E-state index contributed by atoms with van der Waals surface area (Å²) in [5.74, 6) is 0.302. The third-order valence-electron chi connectivity index (χ3n) is 4.38. The van der Waals surface area contributed by atoms with E-state index in [9.17, 15) is 9.59 Å². The Hall–Kier alpha value is -3.20. The topological polar surface area (TPSA) is 37.4 Å². The highest BCUT2D eigenvalue weighted by atomic mass is 16.2. The van der Waals surface area contributed by atoms with Gasteiger partial charge < -0.3 is 4.90 Å². The van der Waals surface area contributed by atoms with Gasteiger partial charge in [-0.2, -0.15) is 0 Å². The summed E-state index contributed by atoms with van der Waals surface area (Å²) < 4.78 is 0. The molecule has 0 N–H and O–H groups in total. The number of carbonyl (C=O) groups is 2. The number of piperidine rings is 1.